The number of benzene rings is 1. The number of aryl methyl sites for hydroxylation is 4. The minimum atomic E-state index is -0.253. The van der Waals surface area contributed by atoms with Crippen LogP contribution in [-0.4, -0.2) is 30.7 Å². The van der Waals surface area contributed by atoms with Crippen LogP contribution >= 0.6 is 0 Å². The Morgan fingerprint density at radius 2 is 1.76 bits per heavy atom. The molecule has 0 unspecified atom stereocenters. The fourth-order valence-corrected chi connectivity index (χ4v) is 2.83. The zero-order chi connectivity index (χ0) is 18.1. The van der Waals surface area contributed by atoms with Gasteiger partial charge in [0.1, 0.15) is 0 Å². The monoisotopic (exact) mass is 338 g/mol. The zero-order valence-corrected chi connectivity index (χ0v) is 15.2. The van der Waals surface area contributed by atoms with Crippen molar-refractivity contribution in [3.63, 3.8) is 0 Å². The van der Waals surface area contributed by atoms with E-state index in [9.17, 15) is 4.79 Å². The molecule has 0 saturated heterocycles. The molecule has 130 valence electrons. The minimum Gasteiger partial charge on any atom is -0.345 e. The number of carbonyl (C=O) groups excluding carboxylic acids is 1. The Morgan fingerprint density at radius 1 is 1.08 bits per heavy atom. The predicted octanol–water partition coefficient (Wildman–Crippen LogP) is 2.16. The maximum Gasteiger partial charge on any atom is 0.274 e. The van der Waals surface area contributed by atoms with Gasteiger partial charge in [-0.3, -0.25) is 9.48 Å². The molecule has 3 rings (SSSR count). The largest absolute Gasteiger partial charge is 0.345 e. The number of carbonyl (C=O) groups is 1. The predicted molar refractivity (Wildman–Crippen MR) is 94.7 cm³/mol. The van der Waals surface area contributed by atoms with Gasteiger partial charge in [-0.15, -0.1) is 5.10 Å². The standard InChI is InChI=1S/C18H22N6O/c1-11-6-12(2)8-16(7-11)24-14(4)17(20-22-24)18(25)19-10-15-9-13(3)23(5)21-15/h6-9H,10H2,1-5H3,(H,19,25). The molecule has 0 bridgehead atoms. The highest BCUT2D eigenvalue weighted by Crippen LogP contribution is 2.16. The van der Waals surface area contributed by atoms with Gasteiger partial charge < -0.3 is 5.32 Å². The summed E-state index contributed by atoms with van der Waals surface area (Å²) < 4.78 is 3.48. The molecule has 0 aliphatic rings. The Bertz CT molecular complexity index is 897. The van der Waals surface area contributed by atoms with Gasteiger partial charge in [0, 0.05) is 12.7 Å². The third-order valence-electron chi connectivity index (χ3n) is 4.16. The summed E-state index contributed by atoms with van der Waals surface area (Å²) >= 11 is 0. The average molecular weight is 338 g/mol. The lowest BCUT2D eigenvalue weighted by molar-refractivity contribution is 0.0944. The average Bonchev–Trinajstić information content (AvgIpc) is 3.07. The van der Waals surface area contributed by atoms with Crippen LogP contribution < -0.4 is 5.32 Å². The Hall–Kier alpha value is -2.96. The van der Waals surface area contributed by atoms with Gasteiger partial charge in [0.15, 0.2) is 5.69 Å². The van der Waals surface area contributed by atoms with E-state index in [1.165, 1.54) is 0 Å². The van der Waals surface area contributed by atoms with Gasteiger partial charge in [-0.25, -0.2) is 4.68 Å². The summed E-state index contributed by atoms with van der Waals surface area (Å²) in [7, 11) is 1.88. The second kappa shape index (κ2) is 6.51. The molecule has 0 fully saturated rings. The molecule has 1 amide bonds. The maximum absolute atomic E-state index is 12.4. The second-order valence-electron chi connectivity index (χ2n) is 6.36. The summed E-state index contributed by atoms with van der Waals surface area (Å²) in [5.74, 6) is -0.253. The first-order valence-electron chi connectivity index (χ1n) is 8.14. The molecule has 7 heteroatoms. The lowest BCUT2D eigenvalue weighted by atomic mass is 10.1. The Labute approximate surface area is 146 Å². The van der Waals surface area contributed by atoms with Crippen LogP contribution in [0, 0.1) is 27.7 Å². The van der Waals surface area contributed by atoms with Gasteiger partial charge in [0.05, 0.1) is 23.6 Å². The smallest absolute Gasteiger partial charge is 0.274 e. The summed E-state index contributed by atoms with van der Waals surface area (Å²) in [6, 6.07) is 8.08. The first-order valence-corrected chi connectivity index (χ1v) is 8.14. The lowest BCUT2D eigenvalue weighted by Crippen LogP contribution is -2.24. The highest BCUT2D eigenvalue weighted by atomic mass is 16.2. The number of nitrogens with zero attached hydrogens (tertiary/aromatic N) is 5. The molecule has 3 aromatic rings. The van der Waals surface area contributed by atoms with E-state index in [1.54, 1.807) is 9.36 Å². The quantitative estimate of drug-likeness (QED) is 0.791. The van der Waals surface area contributed by atoms with Crippen LogP contribution in [0.15, 0.2) is 24.3 Å². The topological polar surface area (TPSA) is 77.6 Å². The first kappa shape index (κ1) is 16.9. The normalized spacial score (nSPS) is 10.9. The van der Waals surface area contributed by atoms with Gasteiger partial charge in [-0.05, 0) is 57.0 Å². The summed E-state index contributed by atoms with van der Waals surface area (Å²) in [6.07, 6.45) is 0. The third kappa shape index (κ3) is 3.45. The first-order chi connectivity index (χ1) is 11.8. The molecule has 0 atom stereocenters. The van der Waals surface area contributed by atoms with Crippen molar-refractivity contribution in [1.29, 1.82) is 0 Å². The lowest BCUT2D eigenvalue weighted by Gasteiger charge is -2.07. The summed E-state index contributed by atoms with van der Waals surface area (Å²) in [5, 5.41) is 15.4. The van der Waals surface area contributed by atoms with E-state index in [-0.39, 0.29) is 5.91 Å². The molecule has 25 heavy (non-hydrogen) atoms. The fourth-order valence-electron chi connectivity index (χ4n) is 2.83. The van der Waals surface area contributed by atoms with Gasteiger partial charge in [0.2, 0.25) is 0 Å². The number of aromatic nitrogens is 5. The highest BCUT2D eigenvalue weighted by molar-refractivity contribution is 5.93. The molecule has 2 aromatic heterocycles. The second-order valence-corrected chi connectivity index (χ2v) is 6.36. The van der Waals surface area contributed by atoms with E-state index in [0.29, 0.717) is 17.9 Å². The molecule has 1 N–H and O–H groups in total. The van der Waals surface area contributed by atoms with Crippen molar-refractivity contribution in [2.75, 3.05) is 0 Å². The zero-order valence-electron chi connectivity index (χ0n) is 15.2. The maximum atomic E-state index is 12.4. The number of amides is 1. The number of rotatable bonds is 4. The van der Waals surface area contributed by atoms with Gasteiger partial charge in [-0.2, -0.15) is 5.10 Å². The molecule has 0 radical (unpaired) electrons. The van der Waals surface area contributed by atoms with Crippen molar-refractivity contribution >= 4 is 5.91 Å². The summed E-state index contributed by atoms with van der Waals surface area (Å²) in [6.45, 7) is 8.24. The van der Waals surface area contributed by atoms with E-state index < -0.39 is 0 Å². The van der Waals surface area contributed by atoms with Crippen LogP contribution in [0.3, 0.4) is 0 Å². The molecule has 0 saturated carbocycles. The SMILES string of the molecule is Cc1cc(C)cc(-n2nnc(C(=O)NCc3cc(C)n(C)n3)c2C)c1. The van der Waals surface area contributed by atoms with Crippen molar-refractivity contribution in [1.82, 2.24) is 30.1 Å². The van der Waals surface area contributed by atoms with Crippen LogP contribution in [0.4, 0.5) is 0 Å². The highest BCUT2D eigenvalue weighted by Gasteiger charge is 2.17. The van der Waals surface area contributed by atoms with Crippen molar-refractivity contribution in [2.24, 2.45) is 7.05 Å². The van der Waals surface area contributed by atoms with Crippen LogP contribution in [0.5, 0.6) is 0 Å². The number of hydrogen-bond donors (Lipinski definition) is 1. The van der Waals surface area contributed by atoms with E-state index in [0.717, 1.165) is 28.2 Å². The Kier molecular flexibility index (Phi) is 4.39. The van der Waals surface area contributed by atoms with E-state index in [2.05, 4.69) is 26.8 Å². The van der Waals surface area contributed by atoms with Crippen molar-refractivity contribution < 1.29 is 4.79 Å². The van der Waals surface area contributed by atoms with Crippen LogP contribution in [0.2, 0.25) is 0 Å². The number of hydrogen-bond acceptors (Lipinski definition) is 4. The third-order valence-corrected chi connectivity index (χ3v) is 4.16. The van der Waals surface area contributed by atoms with Crippen molar-refractivity contribution in [2.45, 2.75) is 34.2 Å². The molecule has 2 heterocycles. The summed E-state index contributed by atoms with van der Waals surface area (Å²) in [5.41, 5.74) is 6.07. The number of nitrogens with one attached hydrogen (secondary N) is 1. The summed E-state index contributed by atoms with van der Waals surface area (Å²) in [4.78, 5) is 12.4. The van der Waals surface area contributed by atoms with Gasteiger partial charge in [0.25, 0.3) is 5.91 Å². The molecule has 0 aliphatic heterocycles. The molecular formula is C18H22N6O. The molecular weight excluding hydrogens is 316 g/mol. The molecule has 7 nitrogen and oxygen atoms in total. The van der Waals surface area contributed by atoms with Crippen molar-refractivity contribution in [3.05, 3.63) is 58.2 Å². The van der Waals surface area contributed by atoms with Crippen LogP contribution in [0.1, 0.15) is 38.7 Å². The Morgan fingerprint density at radius 3 is 2.36 bits per heavy atom. The van der Waals surface area contributed by atoms with Gasteiger partial charge >= 0.3 is 0 Å². The minimum absolute atomic E-state index is 0.253. The molecule has 0 spiro atoms. The molecule has 1 aromatic carbocycles. The Balaban J connectivity index is 1.79. The van der Waals surface area contributed by atoms with E-state index in [1.807, 2.05) is 52.9 Å². The van der Waals surface area contributed by atoms with Crippen LogP contribution in [-0.2, 0) is 13.6 Å². The van der Waals surface area contributed by atoms with Crippen molar-refractivity contribution in [3.8, 4) is 5.69 Å². The van der Waals surface area contributed by atoms with E-state index >= 15 is 0 Å². The van der Waals surface area contributed by atoms with Crippen LogP contribution in [0.25, 0.3) is 5.69 Å². The fraction of sp³-hybridized carbons (Fsp3) is 0.333. The molecule has 0 aliphatic carbocycles. The van der Waals surface area contributed by atoms with Gasteiger partial charge in [-0.1, -0.05) is 11.3 Å². The van der Waals surface area contributed by atoms with E-state index in [4.69, 9.17) is 0 Å².